The van der Waals surface area contributed by atoms with Gasteiger partial charge in [0.1, 0.15) is 5.76 Å². The first-order valence-corrected chi connectivity index (χ1v) is 10.00. The summed E-state index contributed by atoms with van der Waals surface area (Å²) in [5.74, 6) is -0.412. The van der Waals surface area contributed by atoms with Crippen molar-refractivity contribution in [2.45, 2.75) is 32.7 Å². The van der Waals surface area contributed by atoms with E-state index in [1.165, 1.54) is 12.0 Å². The summed E-state index contributed by atoms with van der Waals surface area (Å²) in [7, 11) is 3.07. The summed E-state index contributed by atoms with van der Waals surface area (Å²) in [6.45, 7) is 4.39. The van der Waals surface area contributed by atoms with Crippen molar-refractivity contribution in [3.63, 3.8) is 0 Å². The second-order valence-corrected chi connectivity index (χ2v) is 7.33. The Morgan fingerprint density at radius 1 is 1.03 bits per heavy atom. The SMILES string of the molecule is CCCCN1C(=O)C(=O)/C(=C(\O)c2ccc(C)cc2)C1c1ccc(OC)c(OC)c1. The summed E-state index contributed by atoms with van der Waals surface area (Å²) < 4.78 is 10.7. The van der Waals surface area contributed by atoms with Gasteiger partial charge in [0.05, 0.1) is 25.8 Å². The summed E-state index contributed by atoms with van der Waals surface area (Å²) in [6.07, 6.45) is 1.63. The minimum atomic E-state index is -0.697. The molecular formula is C24H27NO5. The Bertz CT molecular complexity index is 978. The Morgan fingerprint density at radius 2 is 1.70 bits per heavy atom. The summed E-state index contributed by atoms with van der Waals surface area (Å²) in [5, 5.41) is 11.0. The predicted octanol–water partition coefficient (Wildman–Crippen LogP) is 4.23. The molecule has 1 saturated heterocycles. The van der Waals surface area contributed by atoms with Gasteiger partial charge in [-0.25, -0.2) is 0 Å². The van der Waals surface area contributed by atoms with Gasteiger partial charge in [-0.2, -0.15) is 0 Å². The van der Waals surface area contributed by atoms with E-state index in [0.717, 1.165) is 18.4 Å². The highest BCUT2D eigenvalue weighted by Crippen LogP contribution is 2.42. The number of nitrogens with zero attached hydrogens (tertiary/aromatic N) is 1. The molecular weight excluding hydrogens is 382 g/mol. The van der Waals surface area contributed by atoms with Gasteiger partial charge in [-0.1, -0.05) is 49.2 Å². The van der Waals surface area contributed by atoms with Gasteiger partial charge in [-0.3, -0.25) is 9.59 Å². The number of rotatable bonds is 7. The largest absolute Gasteiger partial charge is 0.507 e. The Balaban J connectivity index is 2.18. The van der Waals surface area contributed by atoms with E-state index >= 15 is 0 Å². The van der Waals surface area contributed by atoms with Gasteiger partial charge < -0.3 is 19.5 Å². The quantitative estimate of drug-likeness (QED) is 0.421. The van der Waals surface area contributed by atoms with Crippen molar-refractivity contribution in [1.29, 1.82) is 0 Å². The molecule has 6 nitrogen and oxygen atoms in total. The van der Waals surface area contributed by atoms with E-state index in [2.05, 4.69) is 0 Å². The van der Waals surface area contributed by atoms with Crippen molar-refractivity contribution >= 4 is 17.4 Å². The zero-order chi connectivity index (χ0) is 21.8. The van der Waals surface area contributed by atoms with Crippen LogP contribution in [0.1, 0.15) is 42.5 Å². The van der Waals surface area contributed by atoms with Crippen molar-refractivity contribution in [3.05, 3.63) is 64.7 Å². The molecule has 0 spiro atoms. The fourth-order valence-electron chi connectivity index (χ4n) is 3.68. The van der Waals surface area contributed by atoms with Crippen LogP contribution in [0.4, 0.5) is 0 Å². The van der Waals surface area contributed by atoms with Gasteiger partial charge in [0.25, 0.3) is 11.7 Å². The summed E-state index contributed by atoms with van der Waals surface area (Å²) >= 11 is 0. The Labute approximate surface area is 176 Å². The average molecular weight is 409 g/mol. The monoisotopic (exact) mass is 409 g/mol. The van der Waals surface area contributed by atoms with Crippen LogP contribution in [-0.2, 0) is 9.59 Å². The van der Waals surface area contributed by atoms with Crippen LogP contribution in [0.25, 0.3) is 5.76 Å². The third kappa shape index (κ3) is 3.90. The number of aryl methyl sites for hydroxylation is 1. The van der Waals surface area contributed by atoms with Crippen molar-refractivity contribution in [2.24, 2.45) is 0 Å². The molecule has 1 N–H and O–H groups in total. The maximum absolute atomic E-state index is 13.0. The lowest BCUT2D eigenvalue weighted by molar-refractivity contribution is -0.139. The molecule has 3 rings (SSSR count). The molecule has 1 fully saturated rings. The van der Waals surface area contributed by atoms with Crippen LogP contribution in [-0.4, -0.2) is 42.5 Å². The van der Waals surface area contributed by atoms with Gasteiger partial charge in [-0.05, 0) is 31.0 Å². The third-order valence-electron chi connectivity index (χ3n) is 5.34. The fraction of sp³-hybridized carbons (Fsp3) is 0.333. The Kier molecular flexibility index (Phi) is 6.45. The molecule has 1 aliphatic heterocycles. The fourth-order valence-corrected chi connectivity index (χ4v) is 3.68. The highest BCUT2D eigenvalue weighted by atomic mass is 16.5. The molecule has 30 heavy (non-hydrogen) atoms. The van der Waals surface area contributed by atoms with Crippen molar-refractivity contribution in [2.75, 3.05) is 20.8 Å². The van der Waals surface area contributed by atoms with Crippen molar-refractivity contribution in [1.82, 2.24) is 4.90 Å². The van der Waals surface area contributed by atoms with E-state index in [4.69, 9.17) is 9.47 Å². The number of carbonyl (C=O) groups is 2. The van der Waals surface area contributed by atoms with Gasteiger partial charge in [0.15, 0.2) is 11.5 Å². The predicted molar refractivity (Wildman–Crippen MR) is 115 cm³/mol. The van der Waals surface area contributed by atoms with Gasteiger partial charge in [0, 0.05) is 12.1 Å². The molecule has 0 saturated carbocycles. The van der Waals surface area contributed by atoms with Crippen LogP contribution in [0.15, 0.2) is 48.0 Å². The number of hydrogen-bond acceptors (Lipinski definition) is 5. The van der Waals surface area contributed by atoms with Crippen LogP contribution in [0.5, 0.6) is 11.5 Å². The standard InChI is InChI=1S/C24H27NO5/c1-5-6-13-25-21(17-11-12-18(29-3)19(14-17)30-4)20(23(27)24(25)28)22(26)16-9-7-15(2)8-10-16/h7-12,14,21,26H,5-6,13H2,1-4H3/b22-20-. The second-order valence-electron chi connectivity index (χ2n) is 7.33. The molecule has 1 unspecified atom stereocenters. The highest BCUT2D eigenvalue weighted by Gasteiger charge is 2.45. The van der Waals surface area contributed by atoms with Gasteiger partial charge in [-0.15, -0.1) is 0 Å². The number of unbranched alkanes of at least 4 members (excludes halogenated alkanes) is 1. The molecule has 0 bridgehead atoms. The lowest BCUT2D eigenvalue weighted by atomic mass is 9.94. The van der Waals surface area contributed by atoms with Crippen LogP contribution < -0.4 is 9.47 Å². The van der Waals surface area contributed by atoms with E-state index in [9.17, 15) is 14.7 Å². The maximum Gasteiger partial charge on any atom is 0.295 e. The smallest absolute Gasteiger partial charge is 0.295 e. The van der Waals surface area contributed by atoms with E-state index in [-0.39, 0.29) is 11.3 Å². The first kappa shape index (κ1) is 21.4. The molecule has 1 atom stereocenters. The topological polar surface area (TPSA) is 76.1 Å². The molecule has 2 aromatic rings. The van der Waals surface area contributed by atoms with E-state index in [1.54, 1.807) is 37.4 Å². The molecule has 1 heterocycles. The van der Waals surface area contributed by atoms with E-state index in [0.29, 0.717) is 29.2 Å². The number of aliphatic hydroxyl groups excluding tert-OH is 1. The van der Waals surface area contributed by atoms with Crippen LogP contribution in [0.2, 0.25) is 0 Å². The molecule has 0 aromatic heterocycles. The van der Waals surface area contributed by atoms with Crippen LogP contribution in [0, 0.1) is 6.92 Å². The Hall–Kier alpha value is -3.28. The molecule has 2 aromatic carbocycles. The number of ether oxygens (including phenoxy) is 2. The van der Waals surface area contributed by atoms with E-state index in [1.807, 2.05) is 26.0 Å². The number of ketones is 1. The summed E-state index contributed by atoms with van der Waals surface area (Å²) in [4.78, 5) is 27.3. The number of aliphatic hydroxyl groups is 1. The molecule has 1 amide bonds. The average Bonchev–Trinajstić information content (AvgIpc) is 3.01. The zero-order valence-corrected chi connectivity index (χ0v) is 17.8. The summed E-state index contributed by atoms with van der Waals surface area (Å²) in [5.41, 5.74) is 2.30. The number of hydrogen-bond donors (Lipinski definition) is 1. The number of benzene rings is 2. The lowest BCUT2D eigenvalue weighted by Gasteiger charge is -2.25. The zero-order valence-electron chi connectivity index (χ0n) is 17.8. The number of likely N-dealkylation sites (tertiary alicyclic amines) is 1. The number of methoxy groups -OCH3 is 2. The number of amides is 1. The van der Waals surface area contributed by atoms with Gasteiger partial charge in [0.2, 0.25) is 0 Å². The van der Waals surface area contributed by atoms with E-state index < -0.39 is 17.7 Å². The van der Waals surface area contributed by atoms with Gasteiger partial charge >= 0.3 is 0 Å². The number of Topliss-reactive ketones (excluding diaryl/α,β-unsaturated/α-hetero) is 1. The first-order chi connectivity index (χ1) is 14.4. The highest BCUT2D eigenvalue weighted by molar-refractivity contribution is 6.46. The Morgan fingerprint density at radius 3 is 2.30 bits per heavy atom. The maximum atomic E-state index is 13.0. The first-order valence-electron chi connectivity index (χ1n) is 10.00. The molecule has 158 valence electrons. The minimum absolute atomic E-state index is 0.0900. The van der Waals surface area contributed by atoms with Crippen LogP contribution >= 0.6 is 0 Å². The summed E-state index contributed by atoms with van der Waals surface area (Å²) in [6, 6.07) is 11.8. The molecule has 0 radical (unpaired) electrons. The lowest BCUT2D eigenvalue weighted by Crippen LogP contribution is -2.30. The molecule has 6 heteroatoms. The number of carbonyl (C=O) groups excluding carboxylic acids is 2. The minimum Gasteiger partial charge on any atom is -0.507 e. The molecule has 1 aliphatic rings. The third-order valence-corrected chi connectivity index (χ3v) is 5.34. The molecule has 0 aliphatic carbocycles. The van der Waals surface area contributed by atoms with Crippen LogP contribution in [0.3, 0.4) is 0 Å². The normalized spacial score (nSPS) is 18.0. The second kappa shape index (κ2) is 9.03. The van der Waals surface area contributed by atoms with Crippen molar-refractivity contribution in [3.8, 4) is 11.5 Å². The van der Waals surface area contributed by atoms with Crippen molar-refractivity contribution < 1.29 is 24.2 Å².